The highest BCUT2D eigenvalue weighted by Crippen LogP contribution is 2.31. The number of aromatic nitrogens is 5. The third-order valence-corrected chi connectivity index (χ3v) is 6.01. The first kappa shape index (κ1) is 23.7. The number of likely N-dealkylation sites (N-methyl/N-ethyl adjacent to an activating group) is 1. The highest BCUT2D eigenvalue weighted by Gasteiger charge is 2.33. The molecular weight excluding hydrogens is 434 g/mol. The maximum Gasteiger partial charge on any atom is 0.410 e. The number of methoxy groups -OCH3 is 1. The molecule has 1 amide bonds. The molecule has 0 aliphatic carbocycles. The van der Waals surface area contributed by atoms with Crippen LogP contribution in [0.4, 0.5) is 10.6 Å². The lowest BCUT2D eigenvalue weighted by molar-refractivity contribution is 0.0292. The summed E-state index contributed by atoms with van der Waals surface area (Å²) < 4.78 is 12.9. The molecule has 1 atom stereocenters. The highest BCUT2D eigenvalue weighted by atomic mass is 16.6. The van der Waals surface area contributed by atoms with E-state index in [1.165, 1.54) is 0 Å². The van der Waals surface area contributed by atoms with Gasteiger partial charge in [0, 0.05) is 50.0 Å². The summed E-state index contributed by atoms with van der Waals surface area (Å²) in [6.45, 7) is 11.6. The summed E-state index contributed by atoms with van der Waals surface area (Å²) >= 11 is 0. The molecule has 10 heteroatoms. The van der Waals surface area contributed by atoms with Gasteiger partial charge in [0.05, 0.1) is 7.11 Å². The van der Waals surface area contributed by atoms with Crippen LogP contribution in [0.25, 0.3) is 22.6 Å². The van der Waals surface area contributed by atoms with Crippen molar-refractivity contribution in [3.8, 4) is 17.3 Å². The molecule has 1 fully saturated rings. The van der Waals surface area contributed by atoms with Gasteiger partial charge in [0.2, 0.25) is 5.88 Å². The van der Waals surface area contributed by atoms with E-state index in [0.29, 0.717) is 25.5 Å². The Morgan fingerprint density at radius 1 is 1.26 bits per heavy atom. The molecule has 1 aliphatic rings. The van der Waals surface area contributed by atoms with Crippen LogP contribution in [-0.2, 0) is 11.3 Å². The Kier molecular flexibility index (Phi) is 6.33. The quantitative estimate of drug-likeness (QED) is 0.561. The Balaban J connectivity index is 1.65. The van der Waals surface area contributed by atoms with Gasteiger partial charge in [-0.15, -0.1) is 0 Å². The molecule has 10 nitrogen and oxygen atoms in total. The van der Waals surface area contributed by atoms with Crippen LogP contribution < -0.4 is 9.64 Å². The maximum absolute atomic E-state index is 12.5. The van der Waals surface area contributed by atoms with Crippen LogP contribution in [0, 0.1) is 6.92 Å². The Labute approximate surface area is 199 Å². The molecule has 182 valence electrons. The molecule has 0 bridgehead atoms. The number of anilines is 1. The summed E-state index contributed by atoms with van der Waals surface area (Å²) in [6, 6.07) is 2.12. The normalized spacial score (nSPS) is 16.2. The zero-order valence-electron chi connectivity index (χ0n) is 21.0. The van der Waals surface area contributed by atoms with Crippen molar-refractivity contribution >= 4 is 23.1 Å². The molecule has 0 spiro atoms. The molecule has 3 aromatic rings. The van der Waals surface area contributed by atoms with E-state index in [1.807, 2.05) is 40.8 Å². The van der Waals surface area contributed by atoms with Crippen molar-refractivity contribution in [1.82, 2.24) is 29.4 Å². The number of rotatable bonds is 5. The maximum atomic E-state index is 12.5. The first-order chi connectivity index (χ1) is 16.1. The van der Waals surface area contributed by atoms with Gasteiger partial charge < -0.3 is 23.8 Å². The number of carbonyl (C=O) groups excluding carboxylic acids is 1. The predicted octanol–water partition coefficient (Wildman–Crippen LogP) is 3.67. The Morgan fingerprint density at radius 2 is 2.03 bits per heavy atom. The van der Waals surface area contributed by atoms with Crippen LogP contribution in [-0.4, -0.2) is 74.4 Å². The second-order valence-corrected chi connectivity index (χ2v) is 9.58. The van der Waals surface area contributed by atoms with Gasteiger partial charge in [0.1, 0.15) is 17.8 Å². The predicted molar refractivity (Wildman–Crippen MR) is 130 cm³/mol. The van der Waals surface area contributed by atoms with Crippen LogP contribution in [0.5, 0.6) is 5.88 Å². The number of likely N-dealkylation sites (tertiary alicyclic amines) is 1. The highest BCUT2D eigenvalue weighted by molar-refractivity contribution is 5.87. The van der Waals surface area contributed by atoms with Crippen molar-refractivity contribution in [2.75, 3.05) is 32.1 Å². The topological polar surface area (TPSA) is 98.5 Å². The largest absolute Gasteiger partial charge is 0.481 e. The third kappa shape index (κ3) is 4.49. The molecule has 1 unspecified atom stereocenters. The number of amides is 1. The van der Waals surface area contributed by atoms with Crippen molar-refractivity contribution in [3.05, 3.63) is 24.2 Å². The Bertz CT molecular complexity index is 1200. The number of pyridine rings is 1. The van der Waals surface area contributed by atoms with Crippen molar-refractivity contribution < 1.29 is 14.3 Å². The number of imidazole rings is 1. The van der Waals surface area contributed by atoms with Crippen LogP contribution in [0.2, 0.25) is 0 Å². The smallest absolute Gasteiger partial charge is 0.410 e. The summed E-state index contributed by atoms with van der Waals surface area (Å²) in [5.41, 5.74) is 2.81. The molecule has 0 saturated carbocycles. The van der Waals surface area contributed by atoms with Gasteiger partial charge in [0.15, 0.2) is 17.0 Å². The van der Waals surface area contributed by atoms with E-state index in [2.05, 4.69) is 31.3 Å². The van der Waals surface area contributed by atoms with Crippen molar-refractivity contribution in [2.45, 2.75) is 59.2 Å². The number of carbonyl (C=O) groups is 1. The first-order valence-corrected chi connectivity index (χ1v) is 11.6. The van der Waals surface area contributed by atoms with E-state index in [9.17, 15) is 4.79 Å². The molecule has 0 N–H and O–H groups in total. The monoisotopic (exact) mass is 467 g/mol. The van der Waals surface area contributed by atoms with Crippen LogP contribution >= 0.6 is 0 Å². The van der Waals surface area contributed by atoms with E-state index >= 15 is 0 Å². The van der Waals surface area contributed by atoms with Gasteiger partial charge in [-0.2, -0.15) is 0 Å². The van der Waals surface area contributed by atoms with E-state index in [1.54, 1.807) is 24.5 Å². The summed E-state index contributed by atoms with van der Waals surface area (Å²) in [6.07, 6.45) is 3.89. The molecule has 1 aliphatic heterocycles. The van der Waals surface area contributed by atoms with Crippen molar-refractivity contribution in [2.24, 2.45) is 0 Å². The minimum Gasteiger partial charge on any atom is -0.481 e. The zero-order valence-corrected chi connectivity index (χ0v) is 21.0. The number of nitrogens with zero attached hydrogens (tertiary/aromatic N) is 7. The summed E-state index contributed by atoms with van der Waals surface area (Å²) in [5.74, 6) is 2.12. The summed E-state index contributed by atoms with van der Waals surface area (Å²) in [7, 11) is 3.61. The lowest BCUT2D eigenvalue weighted by Crippen LogP contribution is -2.39. The second-order valence-electron chi connectivity index (χ2n) is 9.58. The van der Waals surface area contributed by atoms with Gasteiger partial charge >= 0.3 is 6.09 Å². The molecule has 4 rings (SSSR count). The van der Waals surface area contributed by atoms with Crippen molar-refractivity contribution in [1.29, 1.82) is 0 Å². The van der Waals surface area contributed by atoms with Gasteiger partial charge in [-0.25, -0.2) is 24.7 Å². The number of hydrogen-bond donors (Lipinski definition) is 0. The van der Waals surface area contributed by atoms with E-state index < -0.39 is 5.60 Å². The average molecular weight is 468 g/mol. The fourth-order valence-electron chi connectivity index (χ4n) is 4.32. The van der Waals surface area contributed by atoms with Crippen LogP contribution in [0.15, 0.2) is 18.6 Å². The lowest BCUT2D eigenvalue weighted by Gasteiger charge is -2.27. The number of fused-ring (bicyclic) bond motifs is 1. The minimum absolute atomic E-state index is 0.103. The molecule has 0 radical (unpaired) electrons. The zero-order chi connectivity index (χ0) is 24.6. The third-order valence-electron chi connectivity index (χ3n) is 6.01. The van der Waals surface area contributed by atoms with E-state index in [-0.39, 0.29) is 12.1 Å². The molecule has 34 heavy (non-hydrogen) atoms. The van der Waals surface area contributed by atoms with Crippen molar-refractivity contribution in [3.63, 3.8) is 0 Å². The average Bonchev–Trinajstić information content (AvgIpc) is 3.42. The molecule has 4 heterocycles. The Morgan fingerprint density at radius 3 is 2.68 bits per heavy atom. The molecular formula is C24H33N7O3. The second kappa shape index (κ2) is 9.08. The van der Waals surface area contributed by atoms with E-state index in [4.69, 9.17) is 14.5 Å². The van der Waals surface area contributed by atoms with Gasteiger partial charge in [-0.05, 0) is 47.1 Å². The van der Waals surface area contributed by atoms with Crippen LogP contribution in [0.3, 0.4) is 0 Å². The standard InChI is InChI=1S/C24H33N7O3/c1-8-31-19(16-11-15(2)22(33-7)25-12-16)28-18-20(26-14-27-21(18)31)29(6)17-9-10-30(13-17)23(32)34-24(3,4)5/h11-12,14,17H,8-10,13H2,1-7H3. The van der Waals surface area contributed by atoms with Gasteiger partial charge in [-0.3, -0.25) is 0 Å². The van der Waals surface area contributed by atoms with Crippen LogP contribution in [0.1, 0.15) is 39.7 Å². The lowest BCUT2D eigenvalue weighted by atomic mass is 10.2. The van der Waals surface area contributed by atoms with Gasteiger partial charge in [-0.1, -0.05) is 0 Å². The van der Waals surface area contributed by atoms with E-state index in [0.717, 1.165) is 40.4 Å². The fourth-order valence-corrected chi connectivity index (χ4v) is 4.32. The fraction of sp³-hybridized carbons (Fsp3) is 0.542. The number of ether oxygens (including phenoxy) is 2. The SMILES string of the molecule is CCn1c(-c2cnc(OC)c(C)c2)nc2c(N(C)C3CCN(C(=O)OC(C)(C)C)C3)ncnc21. The first-order valence-electron chi connectivity index (χ1n) is 11.6. The number of aryl methyl sites for hydroxylation is 2. The Hall–Kier alpha value is -3.43. The van der Waals surface area contributed by atoms with Gasteiger partial charge in [0.25, 0.3) is 0 Å². The summed E-state index contributed by atoms with van der Waals surface area (Å²) in [4.78, 5) is 34.9. The number of hydrogen-bond acceptors (Lipinski definition) is 8. The molecule has 0 aromatic carbocycles. The molecule has 1 saturated heterocycles. The molecule has 3 aromatic heterocycles. The summed E-state index contributed by atoms with van der Waals surface area (Å²) in [5, 5.41) is 0. The minimum atomic E-state index is -0.516.